The van der Waals surface area contributed by atoms with Gasteiger partial charge < -0.3 is 15.7 Å². The molecule has 6 nitrogen and oxygen atoms in total. The number of halogens is 2. The smallest absolute Gasteiger partial charge is 0.280 e. The Kier molecular flexibility index (Phi) is 7.02. The minimum absolute atomic E-state index is 0.0607. The van der Waals surface area contributed by atoms with Gasteiger partial charge in [-0.3, -0.25) is 4.79 Å². The second-order valence-electron chi connectivity index (χ2n) is 8.37. The van der Waals surface area contributed by atoms with E-state index < -0.39 is 17.9 Å². The summed E-state index contributed by atoms with van der Waals surface area (Å²) < 4.78 is 27.7. The number of aromatic nitrogens is 2. The average molecular weight is 439 g/mol. The summed E-state index contributed by atoms with van der Waals surface area (Å²) in [5.41, 5.74) is -0.405. The molecule has 1 aliphatic rings. The molecule has 0 saturated heterocycles. The lowest BCUT2D eigenvalue weighted by Gasteiger charge is -2.23. The number of hydrogen-bond donors (Lipinski definition) is 3. The van der Waals surface area contributed by atoms with Crippen LogP contribution in [-0.2, 0) is 0 Å². The third-order valence-electron chi connectivity index (χ3n) is 5.05. The molecule has 0 atom stereocenters. The first-order chi connectivity index (χ1) is 14.1. The molecule has 0 aromatic carbocycles. The number of anilines is 1. The molecule has 2 aromatic heterocycles. The monoisotopic (exact) mass is 438 g/mol. The summed E-state index contributed by atoms with van der Waals surface area (Å²) in [6, 6.07) is 1.67. The van der Waals surface area contributed by atoms with Crippen LogP contribution in [0.5, 0.6) is 0 Å². The maximum absolute atomic E-state index is 13.8. The number of pyridine rings is 1. The largest absolute Gasteiger partial charge is 0.389 e. The number of carbonyl (C=O) groups excluding carboxylic acids is 1. The number of aliphatic hydroxyl groups is 1. The Hall–Kier alpha value is -2.13. The number of nitrogens with one attached hydrogen (secondary N) is 2. The fourth-order valence-corrected chi connectivity index (χ4v) is 4.51. The SMILES string of the molecule is Cc1nc(C(=O)NCC(C)(C)O)sc1-c1cnc(NC2CCCCC2)cc1C(F)F. The van der Waals surface area contributed by atoms with Crippen molar-refractivity contribution in [2.75, 3.05) is 11.9 Å². The predicted molar refractivity (Wildman–Crippen MR) is 114 cm³/mol. The van der Waals surface area contributed by atoms with Gasteiger partial charge in [-0.05, 0) is 39.7 Å². The van der Waals surface area contributed by atoms with Crippen molar-refractivity contribution in [3.05, 3.63) is 28.5 Å². The number of rotatable bonds is 7. The average Bonchev–Trinajstić information content (AvgIpc) is 3.08. The second kappa shape index (κ2) is 9.34. The molecule has 1 fully saturated rings. The van der Waals surface area contributed by atoms with Crippen molar-refractivity contribution in [1.82, 2.24) is 15.3 Å². The molecular weight excluding hydrogens is 410 g/mol. The van der Waals surface area contributed by atoms with Crippen LogP contribution in [0.25, 0.3) is 10.4 Å². The second-order valence-corrected chi connectivity index (χ2v) is 9.36. The van der Waals surface area contributed by atoms with E-state index in [0.29, 0.717) is 16.4 Å². The van der Waals surface area contributed by atoms with Crippen LogP contribution >= 0.6 is 11.3 Å². The van der Waals surface area contributed by atoms with Crippen LogP contribution in [0.3, 0.4) is 0 Å². The Morgan fingerprint density at radius 2 is 2.03 bits per heavy atom. The van der Waals surface area contributed by atoms with Crippen molar-refractivity contribution in [2.24, 2.45) is 0 Å². The Morgan fingerprint density at radius 3 is 2.67 bits per heavy atom. The molecule has 0 spiro atoms. The zero-order chi connectivity index (χ0) is 21.9. The lowest BCUT2D eigenvalue weighted by Crippen LogP contribution is -2.38. The number of thiazole rings is 1. The fourth-order valence-electron chi connectivity index (χ4n) is 3.49. The van der Waals surface area contributed by atoms with Crippen LogP contribution in [0.1, 0.15) is 73.4 Å². The highest BCUT2D eigenvalue weighted by molar-refractivity contribution is 7.17. The molecule has 0 radical (unpaired) electrons. The molecule has 0 bridgehead atoms. The maximum Gasteiger partial charge on any atom is 0.280 e. The molecule has 0 unspecified atom stereocenters. The van der Waals surface area contributed by atoms with Crippen molar-refractivity contribution in [2.45, 2.75) is 70.9 Å². The zero-order valence-electron chi connectivity index (χ0n) is 17.5. The summed E-state index contributed by atoms with van der Waals surface area (Å²) in [6.07, 6.45) is 4.28. The topological polar surface area (TPSA) is 87.1 Å². The minimum Gasteiger partial charge on any atom is -0.389 e. The van der Waals surface area contributed by atoms with Gasteiger partial charge in [-0.2, -0.15) is 0 Å². The van der Waals surface area contributed by atoms with E-state index in [9.17, 15) is 18.7 Å². The third kappa shape index (κ3) is 5.72. The standard InChI is InChI=1S/C21H28F2N4O2S/c1-12-17(30-20(26-12)19(28)25-11-21(2,3)29)15-10-24-16(9-14(15)18(22)23)27-13-7-5-4-6-8-13/h9-10,13,18,29H,4-8,11H2,1-3H3,(H,24,27)(H,25,28). The van der Waals surface area contributed by atoms with Crippen molar-refractivity contribution in [1.29, 1.82) is 0 Å². The van der Waals surface area contributed by atoms with E-state index >= 15 is 0 Å². The zero-order valence-corrected chi connectivity index (χ0v) is 18.3. The summed E-state index contributed by atoms with van der Waals surface area (Å²) in [4.78, 5) is 21.4. The summed E-state index contributed by atoms with van der Waals surface area (Å²) in [5.74, 6) is 0.00452. The maximum atomic E-state index is 13.8. The van der Waals surface area contributed by atoms with Gasteiger partial charge in [-0.1, -0.05) is 19.3 Å². The number of aryl methyl sites for hydroxylation is 1. The molecule has 1 saturated carbocycles. The molecule has 164 valence electrons. The Labute approximate surface area is 179 Å². The van der Waals surface area contributed by atoms with E-state index in [-0.39, 0.29) is 28.7 Å². The van der Waals surface area contributed by atoms with E-state index in [1.165, 1.54) is 18.7 Å². The molecule has 1 aliphatic carbocycles. The van der Waals surface area contributed by atoms with Crippen LogP contribution in [0.15, 0.2) is 12.3 Å². The molecule has 2 aromatic rings. The quantitative estimate of drug-likeness (QED) is 0.583. The van der Waals surface area contributed by atoms with Gasteiger partial charge in [0.05, 0.1) is 16.2 Å². The van der Waals surface area contributed by atoms with Gasteiger partial charge in [0, 0.05) is 29.9 Å². The van der Waals surface area contributed by atoms with Crippen molar-refractivity contribution in [3.63, 3.8) is 0 Å². The molecule has 9 heteroatoms. The highest BCUT2D eigenvalue weighted by Crippen LogP contribution is 2.37. The van der Waals surface area contributed by atoms with Crippen molar-refractivity contribution < 1.29 is 18.7 Å². The number of nitrogens with zero attached hydrogens (tertiary/aromatic N) is 2. The fraction of sp³-hybridized carbons (Fsp3) is 0.571. The molecule has 30 heavy (non-hydrogen) atoms. The van der Waals surface area contributed by atoms with E-state index in [0.717, 1.165) is 37.0 Å². The minimum atomic E-state index is -2.68. The lowest BCUT2D eigenvalue weighted by atomic mass is 9.95. The summed E-state index contributed by atoms with van der Waals surface area (Å²) in [5, 5.41) is 15.8. The number of hydrogen-bond acceptors (Lipinski definition) is 6. The van der Waals surface area contributed by atoms with E-state index in [4.69, 9.17) is 0 Å². The van der Waals surface area contributed by atoms with Gasteiger partial charge in [0.25, 0.3) is 12.3 Å². The van der Waals surface area contributed by atoms with Crippen LogP contribution < -0.4 is 10.6 Å². The van der Waals surface area contributed by atoms with Crippen LogP contribution in [0, 0.1) is 6.92 Å². The Bertz CT molecular complexity index is 890. The van der Waals surface area contributed by atoms with Gasteiger partial charge in [0.2, 0.25) is 0 Å². The van der Waals surface area contributed by atoms with Gasteiger partial charge >= 0.3 is 0 Å². The first kappa shape index (κ1) is 22.6. The molecule has 0 aliphatic heterocycles. The van der Waals surface area contributed by atoms with Gasteiger partial charge in [0.1, 0.15) is 5.82 Å². The Morgan fingerprint density at radius 1 is 1.33 bits per heavy atom. The van der Waals surface area contributed by atoms with Crippen molar-refractivity contribution in [3.8, 4) is 10.4 Å². The van der Waals surface area contributed by atoms with Crippen LogP contribution in [0.2, 0.25) is 0 Å². The van der Waals surface area contributed by atoms with E-state index in [1.807, 2.05) is 0 Å². The van der Waals surface area contributed by atoms with Gasteiger partial charge in [-0.15, -0.1) is 11.3 Å². The molecular formula is C21H28F2N4O2S. The summed E-state index contributed by atoms with van der Waals surface area (Å²) >= 11 is 1.05. The summed E-state index contributed by atoms with van der Waals surface area (Å²) in [6.45, 7) is 4.90. The highest BCUT2D eigenvalue weighted by atomic mass is 32.1. The lowest BCUT2D eigenvalue weighted by molar-refractivity contribution is 0.0694. The number of carbonyl (C=O) groups is 1. The normalized spacial score (nSPS) is 15.4. The first-order valence-corrected chi connectivity index (χ1v) is 11.0. The van der Waals surface area contributed by atoms with E-state index in [2.05, 4.69) is 20.6 Å². The van der Waals surface area contributed by atoms with E-state index in [1.54, 1.807) is 20.8 Å². The highest BCUT2D eigenvalue weighted by Gasteiger charge is 2.23. The summed E-state index contributed by atoms with van der Waals surface area (Å²) in [7, 11) is 0. The van der Waals surface area contributed by atoms with Gasteiger partial charge in [0.15, 0.2) is 5.01 Å². The number of alkyl halides is 2. The van der Waals surface area contributed by atoms with Gasteiger partial charge in [-0.25, -0.2) is 18.7 Å². The van der Waals surface area contributed by atoms with Crippen LogP contribution in [0.4, 0.5) is 14.6 Å². The molecule has 1 amide bonds. The van der Waals surface area contributed by atoms with Crippen LogP contribution in [-0.4, -0.2) is 39.2 Å². The molecule has 3 N–H and O–H groups in total. The molecule has 2 heterocycles. The predicted octanol–water partition coefficient (Wildman–Crippen LogP) is 4.70. The number of amides is 1. The third-order valence-corrected chi connectivity index (χ3v) is 6.23. The first-order valence-electron chi connectivity index (χ1n) is 10.2. The Balaban J connectivity index is 1.84. The van der Waals surface area contributed by atoms with Crippen molar-refractivity contribution >= 4 is 23.1 Å². The molecule has 3 rings (SSSR count).